The van der Waals surface area contributed by atoms with E-state index in [0.717, 1.165) is 0 Å². The zero-order chi connectivity index (χ0) is 14.0. The van der Waals surface area contributed by atoms with Crippen LogP contribution in [0.4, 0.5) is 20.2 Å². The smallest absolute Gasteiger partial charge is 0.152 e. The summed E-state index contributed by atoms with van der Waals surface area (Å²) in [5, 5.41) is 12.0. The number of hydrogen-bond donors (Lipinski definition) is 1. The number of nitrogens with zero attached hydrogens (tertiary/aromatic N) is 1. The Morgan fingerprint density at radius 3 is 2.63 bits per heavy atom. The molecule has 0 radical (unpaired) electrons. The lowest BCUT2D eigenvalue weighted by Crippen LogP contribution is -2.01. The molecular weight excluding hydrogens is 270 g/mol. The van der Waals surface area contributed by atoms with Crippen LogP contribution in [-0.2, 0) is 0 Å². The predicted octanol–water partition coefficient (Wildman–Crippen LogP) is 4.54. The summed E-state index contributed by atoms with van der Waals surface area (Å²) in [6, 6.07) is 8.90. The van der Waals surface area contributed by atoms with Crippen LogP contribution in [-0.4, -0.2) is 0 Å². The van der Waals surface area contributed by atoms with E-state index in [1.54, 1.807) is 0 Å². The van der Waals surface area contributed by atoms with E-state index in [9.17, 15) is 8.78 Å². The number of nitriles is 1. The van der Waals surface area contributed by atoms with E-state index in [0.29, 0.717) is 16.3 Å². The molecule has 1 N–H and O–H groups in total. The lowest BCUT2D eigenvalue weighted by molar-refractivity contribution is 0.585. The average molecular weight is 279 g/mol. The highest BCUT2D eigenvalue weighted by Gasteiger charge is 2.13. The highest BCUT2D eigenvalue weighted by Crippen LogP contribution is 2.28. The summed E-state index contributed by atoms with van der Waals surface area (Å²) in [5.74, 6) is -1.40. The SMILES string of the molecule is Cc1ccc(F)c(Nc2ccc(Cl)cc2C#N)c1F. The first-order chi connectivity index (χ1) is 9.02. The van der Waals surface area contributed by atoms with Crippen molar-refractivity contribution in [2.24, 2.45) is 0 Å². The second-order valence-corrected chi connectivity index (χ2v) is 4.42. The lowest BCUT2D eigenvalue weighted by Gasteiger charge is -2.11. The predicted molar refractivity (Wildman–Crippen MR) is 70.5 cm³/mol. The summed E-state index contributed by atoms with van der Waals surface area (Å²) in [6.45, 7) is 1.53. The highest BCUT2D eigenvalue weighted by atomic mass is 35.5. The molecule has 0 bridgehead atoms. The molecule has 2 rings (SSSR count). The van der Waals surface area contributed by atoms with Crippen molar-refractivity contribution >= 4 is 23.0 Å². The second-order valence-electron chi connectivity index (χ2n) is 3.98. The van der Waals surface area contributed by atoms with E-state index in [4.69, 9.17) is 16.9 Å². The molecule has 96 valence electrons. The molecule has 0 aromatic heterocycles. The minimum Gasteiger partial charge on any atom is -0.350 e. The fraction of sp³-hybridized carbons (Fsp3) is 0.0714. The van der Waals surface area contributed by atoms with E-state index in [2.05, 4.69) is 5.32 Å². The maximum Gasteiger partial charge on any atom is 0.152 e. The van der Waals surface area contributed by atoms with Gasteiger partial charge in [-0.2, -0.15) is 5.26 Å². The molecule has 19 heavy (non-hydrogen) atoms. The minimum absolute atomic E-state index is 0.216. The molecule has 0 atom stereocenters. The second kappa shape index (κ2) is 5.25. The van der Waals surface area contributed by atoms with Gasteiger partial charge in [-0.15, -0.1) is 0 Å². The molecule has 2 aromatic rings. The van der Waals surface area contributed by atoms with Gasteiger partial charge in [0, 0.05) is 5.02 Å². The molecule has 5 heteroatoms. The number of halogens is 3. The van der Waals surface area contributed by atoms with Crippen LogP contribution in [0.5, 0.6) is 0 Å². The number of anilines is 2. The maximum atomic E-state index is 13.9. The van der Waals surface area contributed by atoms with Crippen LogP contribution in [0.2, 0.25) is 5.02 Å². The monoisotopic (exact) mass is 278 g/mol. The third-order valence-corrected chi connectivity index (χ3v) is 2.88. The van der Waals surface area contributed by atoms with E-state index in [1.807, 2.05) is 6.07 Å². The van der Waals surface area contributed by atoms with Crippen LogP contribution in [0.15, 0.2) is 30.3 Å². The van der Waals surface area contributed by atoms with Gasteiger partial charge in [0.15, 0.2) is 5.82 Å². The zero-order valence-corrected chi connectivity index (χ0v) is 10.7. The van der Waals surface area contributed by atoms with Gasteiger partial charge in [-0.05, 0) is 36.8 Å². The number of benzene rings is 2. The van der Waals surface area contributed by atoms with Gasteiger partial charge in [-0.25, -0.2) is 8.78 Å². The fourth-order valence-electron chi connectivity index (χ4n) is 1.62. The molecule has 0 saturated carbocycles. The first-order valence-corrected chi connectivity index (χ1v) is 5.82. The number of nitrogens with one attached hydrogen (secondary N) is 1. The van der Waals surface area contributed by atoms with E-state index >= 15 is 0 Å². The Labute approximate surface area is 114 Å². The van der Waals surface area contributed by atoms with Crippen LogP contribution in [0, 0.1) is 29.9 Å². The molecular formula is C14H9ClF2N2. The molecule has 0 unspecified atom stereocenters. The third kappa shape index (κ3) is 2.67. The first kappa shape index (κ1) is 13.3. The Morgan fingerprint density at radius 2 is 1.95 bits per heavy atom. The molecule has 2 nitrogen and oxygen atoms in total. The Bertz CT molecular complexity index is 678. The van der Waals surface area contributed by atoms with Crippen molar-refractivity contribution < 1.29 is 8.78 Å². The average Bonchev–Trinajstić information content (AvgIpc) is 2.40. The van der Waals surface area contributed by atoms with Gasteiger partial charge < -0.3 is 5.32 Å². The lowest BCUT2D eigenvalue weighted by atomic mass is 10.1. The Kier molecular flexibility index (Phi) is 3.68. The van der Waals surface area contributed by atoms with Crippen molar-refractivity contribution in [3.63, 3.8) is 0 Å². The summed E-state index contributed by atoms with van der Waals surface area (Å²) in [6.07, 6.45) is 0. The summed E-state index contributed by atoms with van der Waals surface area (Å²) >= 11 is 5.76. The molecule has 0 aliphatic heterocycles. The van der Waals surface area contributed by atoms with Gasteiger partial charge >= 0.3 is 0 Å². The van der Waals surface area contributed by atoms with Crippen LogP contribution >= 0.6 is 11.6 Å². The molecule has 0 aliphatic carbocycles. The molecule has 0 aliphatic rings. The van der Waals surface area contributed by atoms with Crippen LogP contribution in [0.3, 0.4) is 0 Å². The largest absolute Gasteiger partial charge is 0.350 e. The van der Waals surface area contributed by atoms with Crippen molar-refractivity contribution in [3.05, 3.63) is 58.1 Å². The summed E-state index contributed by atoms with van der Waals surface area (Å²) < 4.78 is 27.5. The first-order valence-electron chi connectivity index (χ1n) is 5.44. The van der Waals surface area contributed by atoms with Crippen LogP contribution in [0.1, 0.15) is 11.1 Å². The quantitative estimate of drug-likeness (QED) is 0.875. The third-order valence-electron chi connectivity index (χ3n) is 2.65. The molecule has 0 heterocycles. The van der Waals surface area contributed by atoms with Crippen molar-refractivity contribution in [1.29, 1.82) is 5.26 Å². The van der Waals surface area contributed by atoms with Gasteiger partial charge in [0.1, 0.15) is 17.6 Å². The summed E-state index contributed by atoms with van der Waals surface area (Å²) in [5.41, 5.74) is 0.554. The topological polar surface area (TPSA) is 35.8 Å². The van der Waals surface area contributed by atoms with Gasteiger partial charge in [0.2, 0.25) is 0 Å². The van der Waals surface area contributed by atoms with E-state index in [-0.39, 0.29) is 11.3 Å². The summed E-state index contributed by atoms with van der Waals surface area (Å²) in [4.78, 5) is 0. The standard InChI is InChI=1S/C14H9ClF2N2/c1-8-2-4-11(16)14(13(8)17)19-12-5-3-10(15)6-9(12)7-18/h2-6,19H,1H3. The van der Waals surface area contributed by atoms with Gasteiger partial charge in [0.05, 0.1) is 11.3 Å². The minimum atomic E-state index is -0.720. The fourth-order valence-corrected chi connectivity index (χ4v) is 1.80. The van der Waals surface area contributed by atoms with Crippen molar-refractivity contribution in [2.75, 3.05) is 5.32 Å². The van der Waals surface area contributed by atoms with Crippen LogP contribution < -0.4 is 5.32 Å². The van der Waals surface area contributed by atoms with Gasteiger partial charge in [-0.3, -0.25) is 0 Å². The Morgan fingerprint density at radius 1 is 1.21 bits per heavy atom. The van der Waals surface area contributed by atoms with Crippen molar-refractivity contribution in [2.45, 2.75) is 6.92 Å². The number of hydrogen-bond acceptors (Lipinski definition) is 2. The number of rotatable bonds is 2. The molecule has 0 amide bonds. The van der Waals surface area contributed by atoms with Gasteiger partial charge in [-0.1, -0.05) is 17.7 Å². The normalized spacial score (nSPS) is 10.1. The summed E-state index contributed by atoms with van der Waals surface area (Å²) in [7, 11) is 0. The van der Waals surface area contributed by atoms with Crippen LogP contribution in [0.25, 0.3) is 0 Å². The van der Waals surface area contributed by atoms with Crippen molar-refractivity contribution in [3.8, 4) is 6.07 Å². The number of aryl methyl sites for hydroxylation is 1. The highest BCUT2D eigenvalue weighted by molar-refractivity contribution is 6.30. The molecule has 2 aromatic carbocycles. The zero-order valence-electron chi connectivity index (χ0n) is 9.97. The maximum absolute atomic E-state index is 13.9. The van der Waals surface area contributed by atoms with E-state index in [1.165, 1.54) is 37.3 Å². The van der Waals surface area contributed by atoms with E-state index < -0.39 is 11.6 Å². The van der Waals surface area contributed by atoms with Crippen molar-refractivity contribution in [1.82, 2.24) is 0 Å². The molecule has 0 fully saturated rings. The Balaban J connectivity index is 2.48. The molecule has 0 saturated heterocycles. The van der Waals surface area contributed by atoms with Gasteiger partial charge in [0.25, 0.3) is 0 Å². The Hall–Kier alpha value is -2.12. The molecule has 0 spiro atoms.